The summed E-state index contributed by atoms with van der Waals surface area (Å²) in [6.45, 7) is 5.26. The molecule has 0 amide bonds. The summed E-state index contributed by atoms with van der Waals surface area (Å²) >= 11 is 5.57. The number of nitrogens with one attached hydrogen (secondary N) is 1. The van der Waals surface area contributed by atoms with Gasteiger partial charge in [-0.15, -0.1) is 0 Å². The molecule has 0 unspecified atom stereocenters. The third-order valence-corrected chi connectivity index (χ3v) is 4.66. The first kappa shape index (κ1) is 16.9. The molecule has 0 spiro atoms. The van der Waals surface area contributed by atoms with Crippen LogP contribution in [-0.2, 0) is 6.54 Å². The Balaban J connectivity index is 1.62. The van der Waals surface area contributed by atoms with E-state index in [4.69, 9.17) is 12.2 Å². The highest BCUT2D eigenvalue weighted by molar-refractivity contribution is 7.80. The average Bonchev–Trinajstić information content (AvgIpc) is 2.59. The molecule has 0 atom stereocenters. The number of benzene rings is 2. The molecule has 3 nitrogen and oxygen atoms in total. The van der Waals surface area contributed by atoms with Gasteiger partial charge in [-0.2, -0.15) is 0 Å². The zero-order valence-electron chi connectivity index (χ0n) is 13.8. The summed E-state index contributed by atoms with van der Waals surface area (Å²) in [5, 5.41) is 4.06. The van der Waals surface area contributed by atoms with Gasteiger partial charge in [0.2, 0.25) is 0 Å². The van der Waals surface area contributed by atoms with Crippen LogP contribution in [0.3, 0.4) is 0 Å². The summed E-state index contributed by atoms with van der Waals surface area (Å²) in [7, 11) is 0. The number of halogens is 1. The highest BCUT2D eigenvalue weighted by Crippen LogP contribution is 2.17. The van der Waals surface area contributed by atoms with Crippen molar-refractivity contribution in [3.8, 4) is 0 Å². The molecule has 0 aliphatic carbocycles. The predicted molar refractivity (Wildman–Crippen MR) is 100 cm³/mol. The lowest BCUT2D eigenvalue weighted by atomic mass is 10.2. The van der Waals surface area contributed by atoms with E-state index in [-0.39, 0.29) is 5.82 Å². The second-order valence-corrected chi connectivity index (χ2v) is 6.53. The molecule has 2 aromatic carbocycles. The van der Waals surface area contributed by atoms with Crippen LogP contribution in [0.2, 0.25) is 0 Å². The van der Waals surface area contributed by atoms with Crippen LogP contribution in [0, 0.1) is 12.7 Å². The average molecular weight is 343 g/mol. The molecule has 0 bridgehead atoms. The summed E-state index contributed by atoms with van der Waals surface area (Å²) in [5.74, 6) is -0.143. The molecule has 1 heterocycles. The molecule has 126 valence electrons. The first-order chi connectivity index (χ1) is 11.6. The van der Waals surface area contributed by atoms with Crippen LogP contribution in [-0.4, -0.2) is 34.7 Å². The molecular weight excluding hydrogens is 321 g/mol. The fraction of sp³-hybridized carbons (Fsp3) is 0.316. The molecule has 2 aromatic rings. The molecule has 1 saturated heterocycles. The van der Waals surface area contributed by atoms with Crippen molar-refractivity contribution in [3.05, 3.63) is 65.5 Å². The van der Waals surface area contributed by atoms with Crippen LogP contribution in [0.1, 0.15) is 17.5 Å². The number of anilines is 1. The van der Waals surface area contributed by atoms with Gasteiger partial charge in [-0.25, -0.2) is 4.39 Å². The number of aryl methyl sites for hydroxylation is 1. The monoisotopic (exact) mass is 343 g/mol. The van der Waals surface area contributed by atoms with Crippen molar-refractivity contribution in [1.82, 2.24) is 9.80 Å². The minimum Gasteiger partial charge on any atom is -0.336 e. The second kappa shape index (κ2) is 7.73. The maximum absolute atomic E-state index is 13.9. The van der Waals surface area contributed by atoms with Crippen molar-refractivity contribution in [2.75, 3.05) is 25.1 Å². The maximum atomic E-state index is 13.9. The van der Waals surface area contributed by atoms with Gasteiger partial charge in [0.25, 0.3) is 0 Å². The number of nitrogens with zero attached hydrogens (tertiary/aromatic N) is 2. The molecule has 1 aliphatic heterocycles. The lowest BCUT2D eigenvalue weighted by molar-refractivity contribution is 0.132. The Morgan fingerprint density at radius 2 is 1.88 bits per heavy atom. The van der Waals surface area contributed by atoms with E-state index in [9.17, 15) is 4.39 Å². The van der Waals surface area contributed by atoms with Crippen LogP contribution in [0.5, 0.6) is 0 Å². The molecule has 0 aromatic heterocycles. The summed E-state index contributed by atoms with van der Waals surface area (Å²) in [6.07, 6.45) is 1.02. The molecule has 24 heavy (non-hydrogen) atoms. The molecule has 1 N–H and O–H groups in total. The van der Waals surface area contributed by atoms with E-state index < -0.39 is 0 Å². The van der Waals surface area contributed by atoms with Crippen LogP contribution >= 0.6 is 12.2 Å². The van der Waals surface area contributed by atoms with Gasteiger partial charge in [-0.3, -0.25) is 4.90 Å². The number of hydrogen-bond acceptors (Lipinski definition) is 2. The van der Waals surface area contributed by atoms with E-state index in [1.807, 2.05) is 30.3 Å². The normalized spacial score (nSPS) is 15.3. The Kier molecular flexibility index (Phi) is 5.43. The van der Waals surface area contributed by atoms with Crippen LogP contribution in [0.15, 0.2) is 48.5 Å². The van der Waals surface area contributed by atoms with Gasteiger partial charge in [0.05, 0.1) is 6.67 Å². The second-order valence-electron chi connectivity index (χ2n) is 6.15. The highest BCUT2D eigenvalue weighted by Gasteiger charge is 2.20. The summed E-state index contributed by atoms with van der Waals surface area (Å²) in [5.41, 5.74) is 2.94. The number of rotatable bonds is 3. The van der Waals surface area contributed by atoms with E-state index >= 15 is 0 Å². The van der Waals surface area contributed by atoms with Crippen LogP contribution in [0.25, 0.3) is 0 Å². The van der Waals surface area contributed by atoms with E-state index in [2.05, 4.69) is 28.1 Å². The predicted octanol–water partition coefficient (Wildman–Crippen LogP) is 4.00. The Morgan fingerprint density at radius 3 is 2.67 bits per heavy atom. The van der Waals surface area contributed by atoms with Gasteiger partial charge in [0.15, 0.2) is 5.11 Å². The topological polar surface area (TPSA) is 18.5 Å². The number of hydrogen-bond donors (Lipinski definition) is 1. The van der Waals surface area contributed by atoms with E-state index in [0.717, 1.165) is 35.9 Å². The molecule has 1 aliphatic rings. The fourth-order valence-electron chi connectivity index (χ4n) is 2.94. The third-order valence-electron chi connectivity index (χ3n) is 4.30. The lowest BCUT2D eigenvalue weighted by Crippen LogP contribution is -2.48. The quantitative estimate of drug-likeness (QED) is 0.849. The highest BCUT2D eigenvalue weighted by atomic mass is 32.1. The molecule has 3 rings (SSSR count). The van der Waals surface area contributed by atoms with Crippen molar-refractivity contribution < 1.29 is 4.39 Å². The SMILES string of the molecule is Cc1ccccc1NC(=S)N1CCCN(Cc2ccccc2F)C1. The summed E-state index contributed by atoms with van der Waals surface area (Å²) in [6, 6.07) is 15.1. The minimum absolute atomic E-state index is 0.143. The van der Waals surface area contributed by atoms with Crippen LogP contribution in [0.4, 0.5) is 10.1 Å². The van der Waals surface area contributed by atoms with E-state index in [1.54, 1.807) is 6.07 Å². The number of para-hydroxylation sites is 1. The Hall–Kier alpha value is -1.98. The van der Waals surface area contributed by atoms with Gasteiger partial charge >= 0.3 is 0 Å². The van der Waals surface area contributed by atoms with Crippen LogP contribution < -0.4 is 5.32 Å². The zero-order chi connectivity index (χ0) is 16.9. The van der Waals surface area contributed by atoms with Gasteiger partial charge in [-0.1, -0.05) is 36.4 Å². The van der Waals surface area contributed by atoms with Crippen molar-refractivity contribution in [1.29, 1.82) is 0 Å². The maximum Gasteiger partial charge on any atom is 0.174 e. The summed E-state index contributed by atoms with van der Waals surface area (Å²) < 4.78 is 13.9. The largest absolute Gasteiger partial charge is 0.336 e. The van der Waals surface area contributed by atoms with Crippen molar-refractivity contribution >= 4 is 23.0 Å². The van der Waals surface area contributed by atoms with E-state index in [1.165, 1.54) is 11.6 Å². The first-order valence-corrected chi connectivity index (χ1v) is 8.61. The van der Waals surface area contributed by atoms with Gasteiger partial charge in [-0.05, 0) is 43.3 Å². The fourth-order valence-corrected chi connectivity index (χ4v) is 3.20. The Morgan fingerprint density at radius 1 is 1.12 bits per heavy atom. The van der Waals surface area contributed by atoms with Crippen molar-refractivity contribution in [2.45, 2.75) is 19.9 Å². The van der Waals surface area contributed by atoms with E-state index in [0.29, 0.717) is 13.2 Å². The Bertz CT molecular complexity index is 719. The third kappa shape index (κ3) is 4.10. The van der Waals surface area contributed by atoms with Gasteiger partial charge < -0.3 is 10.2 Å². The summed E-state index contributed by atoms with van der Waals surface area (Å²) in [4.78, 5) is 4.37. The minimum atomic E-state index is -0.143. The molecular formula is C19H22FN3S. The first-order valence-electron chi connectivity index (χ1n) is 8.21. The smallest absolute Gasteiger partial charge is 0.174 e. The lowest BCUT2D eigenvalue weighted by Gasteiger charge is -2.37. The van der Waals surface area contributed by atoms with Gasteiger partial charge in [0.1, 0.15) is 5.82 Å². The van der Waals surface area contributed by atoms with Crippen molar-refractivity contribution in [2.24, 2.45) is 0 Å². The Labute approximate surface area is 148 Å². The van der Waals surface area contributed by atoms with Crippen molar-refractivity contribution in [3.63, 3.8) is 0 Å². The molecule has 0 saturated carbocycles. The standard InChI is InChI=1S/C19H22FN3S/c1-15-7-2-5-10-18(15)21-19(24)23-12-6-11-22(14-23)13-16-8-3-4-9-17(16)20/h2-5,7-10H,6,11-14H2,1H3,(H,21,24). The number of thiocarbonyl (C=S) groups is 1. The van der Waals surface area contributed by atoms with Gasteiger partial charge in [0, 0.05) is 30.9 Å². The molecule has 0 radical (unpaired) electrons. The molecule has 1 fully saturated rings. The molecule has 5 heteroatoms. The zero-order valence-corrected chi connectivity index (χ0v) is 14.7.